The van der Waals surface area contributed by atoms with Gasteiger partial charge in [0.15, 0.2) is 0 Å². The summed E-state index contributed by atoms with van der Waals surface area (Å²) in [5.74, 6) is 1.44. The smallest absolute Gasteiger partial charge is 0.226 e. The van der Waals surface area contributed by atoms with Crippen LogP contribution in [0.4, 0.5) is 0 Å². The fraction of sp³-hybridized carbons (Fsp3) is 0.933. The molecule has 2 aliphatic rings. The van der Waals surface area contributed by atoms with Crippen molar-refractivity contribution < 1.29 is 4.79 Å². The Morgan fingerprint density at radius 3 is 2.47 bits per heavy atom. The summed E-state index contributed by atoms with van der Waals surface area (Å²) >= 11 is 0. The van der Waals surface area contributed by atoms with Crippen LogP contribution in [0.2, 0.25) is 0 Å². The molecule has 1 saturated carbocycles. The third kappa shape index (κ3) is 2.36. The Balaban J connectivity index is 2.23. The van der Waals surface area contributed by atoms with Crippen LogP contribution >= 0.6 is 0 Å². The van der Waals surface area contributed by atoms with Crippen LogP contribution in [0.15, 0.2) is 0 Å². The standard InChI is InChI=1S/C15H27NO/c1-5-16-13-8-6-7-11(13)9-10-12(14(16)17)15(2,3)4/h11-13H,5-10H2,1-4H3. The van der Waals surface area contributed by atoms with Crippen molar-refractivity contribution in [3.05, 3.63) is 0 Å². The first-order valence-electron chi connectivity index (χ1n) is 7.25. The topological polar surface area (TPSA) is 20.3 Å². The van der Waals surface area contributed by atoms with Crippen LogP contribution in [0.3, 0.4) is 0 Å². The maximum Gasteiger partial charge on any atom is 0.226 e. The van der Waals surface area contributed by atoms with Crippen molar-refractivity contribution in [3.63, 3.8) is 0 Å². The van der Waals surface area contributed by atoms with E-state index in [0.29, 0.717) is 11.9 Å². The van der Waals surface area contributed by atoms with Crippen molar-refractivity contribution in [2.75, 3.05) is 6.54 Å². The molecule has 1 heterocycles. The Morgan fingerprint density at radius 2 is 1.88 bits per heavy atom. The molecule has 0 spiro atoms. The first kappa shape index (κ1) is 12.9. The van der Waals surface area contributed by atoms with Gasteiger partial charge in [0, 0.05) is 18.5 Å². The molecule has 1 aliphatic carbocycles. The number of rotatable bonds is 1. The van der Waals surface area contributed by atoms with E-state index in [-0.39, 0.29) is 11.3 Å². The highest BCUT2D eigenvalue weighted by atomic mass is 16.2. The van der Waals surface area contributed by atoms with Gasteiger partial charge in [0.2, 0.25) is 5.91 Å². The Bertz CT molecular complexity index is 292. The normalized spacial score (nSPS) is 34.7. The molecule has 17 heavy (non-hydrogen) atoms. The zero-order valence-electron chi connectivity index (χ0n) is 11.8. The van der Waals surface area contributed by atoms with Gasteiger partial charge in [0.25, 0.3) is 0 Å². The second kappa shape index (κ2) is 4.62. The van der Waals surface area contributed by atoms with E-state index in [0.717, 1.165) is 18.9 Å². The van der Waals surface area contributed by atoms with Gasteiger partial charge in [-0.15, -0.1) is 0 Å². The van der Waals surface area contributed by atoms with E-state index in [1.807, 2.05) is 0 Å². The van der Waals surface area contributed by atoms with Gasteiger partial charge in [-0.05, 0) is 43.9 Å². The molecule has 0 aromatic carbocycles. The van der Waals surface area contributed by atoms with Crippen LogP contribution in [-0.4, -0.2) is 23.4 Å². The van der Waals surface area contributed by atoms with Crippen molar-refractivity contribution in [2.45, 2.75) is 65.8 Å². The minimum Gasteiger partial charge on any atom is -0.339 e. The highest BCUT2D eigenvalue weighted by Gasteiger charge is 2.43. The lowest BCUT2D eigenvalue weighted by atomic mass is 9.77. The Kier molecular flexibility index (Phi) is 3.51. The minimum absolute atomic E-state index is 0.114. The second-order valence-electron chi connectivity index (χ2n) is 6.88. The van der Waals surface area contributed by atoms with Gasteiger partial charge in [0.05, 0.1) is 0 Å². The molecule has 3 unspecified atom stereocenters. The molecule has 0 N–H and O–H groups in total. The number of fused-ring (bicyclic) bond motifs is 1. The van der Waals surface area contributed by atoms with Crippen LogP contribution in [0.5, 0.6) is 0 Å². The molecule has 2 heteroatoms. The Labute approximate surface area is 106 Å². The number of likely N-dealkylation sites (tertiary alicyclic amines) is 1. The van der Waals surface area contributed by atoms with Gasteiger partial charge >= 0.3 is 0 Å². The molecule has 1 saturated heterocycles. The molecule has 2 fully saturated rings. The van der Waals surface area contributed by atoms with E-state index in [4.69, 9.17) is 0 Å². The van der Waals surface area contributed by atoms with Crippen LogP contribution in [0.1, 0.15) is 59.8 Å². The monoisotopic (exact) mass is 237 g/mol. The molecule has 2 nitrogen and oxygen atoms in total. The average Bonchev–Trinajstić information content (AvgIpc) is 2.61. The van der Waals surface area contributed by atoms with Gasteiger partial charge < -0.3 is 4.90 Å². The first-order chi connectivity index (χ1) is 7.95. The average molecular weight is 237 g/mol. The van der Waals surface area contributed by atoms with Crippen LogP contribution in [-0.2, 0) is 4.79 Å². The summed E-state index contributed by atoms with van der Waals surface area (Å²) < 4.78 is 0. The first-order valence-corrected chi connectivity index (χ1v) is 7.25. The lowest BCUT2D eigenvalue weighted by Gasteiger charge is -2.35. The Morgan fingerprint density at radius 1 is 1.18 bits per heavy atom. The van der Waals surface area contributed by atoms with Crippen molar-refractivity contribution >= 4 is 5.91 Å². The highest BCUT2D eigenvalue weighted by Crippen LogP contribution is 2.42. The minimum atomic E-state index is 0.114. The molecule has 3 atom stereocenters. The molecule has 98 valence electrons. The molecule has 0 aromatic rings. The van der Waals surface area contributed by atoms with Gasteiger partial charge in [-0.2, -0.15) is 0 Å². The molecular weight excluding hydrogens is 210 g/mol. The zero-order chi connectivity index (χ0) is 12.6. The van der Waals surface area contributed by atoms with Crippen LogP contribution in [0.25, 0.3) is 0 Å². The van der Waals surface area contributed by atoms with Gasteiger partial charge in [-0.3, -0.25) is 4.79 Å². The number of carbonyl (C=O) groups is 1. The van der Waals surface area contributed by atoms with Crippen molar-refractivity contribution in [1.82, 2.24) is 4.90 Å². The fourth-order valence-electron chi connectivity index (χ4n) is 3.83. The van der Waals surface area contributed by atoms with Gasteiger partial charge in [-0.1, -0.05) is 27.2 Å². The molecular formula is C15H27NO. The summed E-state index contributed by atoms with van der Waals surface area (Å²) in [6, 6.07) is 0.555. The lowest BCUT2D eigenvalue weighted by Crippen LogP contribution is -2.45. The maximum atomic E-state index is 12.7. The van der Waals surface area contributed by atoms with E-state index in [1.165, 1.54) is 25.7 Å². The largest absolute Gasteiger partial charge is 0.339 e. The predicted molar refractivity (Wildman–Crippen MR) is 70.7 cm³/mol. The van der Waals surface area contributed by atoms with E-state index < -0.39 is 0 Å². The van der Waals surface area contributed by atoms with Crippen molar-refractivity contribution in [2.24, 2.45) is 17.3 Å². The summed E-state index contributed by atoms with van der Waals surface area (Å²) in [6.45, 7) is 9.67. The fourth-order valence-corrected chi connectivity index (χ4v) is 3.83. The zero-order valence-corrected chi connectivity index (χ0v) is 11.8. The summed E-state index contributed by atoms with van der Waals surface area (Å²) in [7, 11) is 0. The predicted octanol–water partition coefficient (Wildman–Crippen LogP) is 3.46. The third-order valence-corrected chi connectivity index (χ3v) is 4.81. The number of carbonyl (C=O) groups excluding carboxylic acids is 1. The number of hydrogen-bond donors (Lipinski definition) is 0. The number of hydrogen-bond acceptors (Lipinski definition) is 1. The summed E-state index contributed by atoms with van der Waals surface area (Å²) in [5, 5.41) is 0. The molecule has 1 aliphatic heterocycles. The number of nitrogens with zero attached hydrogens (tertiary/aromatic N) is 1. The van der Waals surface area contributed by atoms with E-state index in [2.05, 4.69) is 32.6 Å². The van der Waals surface area contributed by atoms with Crippen molar-refractivity contribution in [1.29, 1.82) is 0 Å². The van der Waals surface area contributed by atoms with Crippen LogP contribution < -0.4 is 0 Å². The SMILES string of the molecule is CCN1C(=O)C(C(C)(C)C)CCC2CCCC21. The third-order valence-electron chi connectivity index (χ3n) is 4.81. The highest BCUT2D eigenvalue weighted by molar-refractivity contribution is 5.80. The molecule has 0 bridgehead atoms. The lowest BCUT2D eigenvalue weighted by molar-refractivity contribution is -0.140. The van der Waals surface area contributed by atoms with Gasteiger partial charge in [0.1, 0.15) is 0 Å². The maximum absolute atomic E-state index is 12.7. The number of amides is 1. The summed E-state index contributed by atoms with van der Waals surface area (Å²) in [4.78, 5) is 14.9. The Hall–Kier alpha value is -0.530. The summed E-state index contributed by atoms with van der Waals surface area (Å²) in [5.41, 5.74) is 0.114. The van der Waals surface area contributed by atoms with E-state index in [9.17, 15) is 4.79 Å². The van der Waals surface area contributed by atoms with Crippen LogP contribution in [0, 0.1) is 17.3 Å². The second-order valence-corrected chi connectivity index (χ2v) is 6.88. The quantitative estimate of drug-likeness (QED) is 0.684. The van der Waals surface area contributed by atoms with Crippen molar-refractivity contribution in [3.8, 4) is 0 Å². The van der Waals surface area contributed by atoms with E-state index in [1.54, 1.807) is 0 Å². The molecule has 2 rings (SSSR count). The van der Waals surface area contributed by atoms with E-state index >= 15 is 0 Å². The molecule has 1 amide bonds. The molecule has 0 radical (unpaired) electrons. The summed E-state index contributed by atoms with van der Waals surface area (Å²) in [6.07, 6.45) is 6.25. The van der Waals surface area contributed by atoms with Gasteiger partial charge in [-0.25, -0.2) is 0 Å². The molecule has 0 aromatic heterocycles.